The van der Waals surface area contributed by atoms with E-state index in [1.54, 1.807) is 6.92 Å². The van der Waals surface area contributed by atoms with Crippen molar-refractivity contribution in [1.29, 1.82) is 0 Å². The van der Waals surface area contributed by atoms with Gasteiger partial charge >= 0.3 is 0 Å². The summed E-state index contributed by atoms with van der Waals surface area (Å²) in [6.45, 7) is 13.4. The standard InChI is InChI=1S/C16H22O4.C2H6/c1-9(2)8-16(4,5)11-10(3)12(17)14(19-6)15(20-7)13(11)18;1-2/h8H,1-7H3;1-2H3. The fraction of sp³-hybridized carbons (Fsp3) is 0.556. The minimum absolute atomic E-state index is 0.0201. The van der Waals surface area contributed by atoms with Gasteiger partial charge < -0.3 is 9.47 Å². The van der Waals surface area contributed by atoms with Gasteiger partial charge in [0.05, 0.1) is 14.2 Å². The molecule has 0 aromatic rings. The molecule has 4 heteroatoms. The molecule has 124 valence electrons. The Bertz CT molecular complexity index is 541. The molecule has 0 fully saturated rings. The SMILES string of the molecule is CC.COC1=C(OC)C(=O)C(C(C)(C)C=C(C)C)=C(C)C1=O. The predicted molar refractivity (Wildman–Crippen MR) is 88.3 cm³/mol. The average molecular weight is 308 g/mol. The Balaban J connectivity index is 0.00000211. The van der Waals surface area contributed by atoms with Crippen molar-refractivity contribution in [3.05, 3.63) is 34.3 Å². The fourth-order valence-corrected chi connectivity index (χ4v) is 2.71. The molecule has 1 rings (SSSR count). The van der Waals surface area contributed by atoms with Crippen molar-refractivity contribution in [3.8, 4) is 0 Å². The summed E-state index contributed by atoms with van der Waals surface area (Å²) in [7, 11) is 2.73. The van der Waals surface area contributed by atoms with E-state index < -0.39 is 5.41 Å². The lowest BCUT2D eigenvalue weighted by Crippen LogP contribution is -2.31. The highest BCUT2D eigenvalue weighted by Gasteiger charge is 2.40. The molecule has 0 N–H and O–H groups in total. The molecule has 0 saturated heterocycles. The Morgan fingerprint density at radius 3 is 1.73 bits per heavy atom. The molecule has 0 atom stereocenters. The maximum absolute atomic E-state index is 12.6. The molecule has 0 aromatic carbocycles. The third-order valence-electron chi connectivity index (χ3n) is 3.26. The van der Waals surface area contributed by atoms with Crippen molar-refractivity contribution in [2.45, 2.75) is 48.5 Å². The van der Waals surface area contributed by atoms with E-state index in [1.165, 1.54) is 14.2 Å². The van der Waals surface area contributed by atoms with Crippen LogP contribution in [0.15, 0.2) is 34.3 Å². The molecule has 0 radical (unpaired) electrons. The van der Waals surface area contributed by atoms with Crippen LogP contribution in [0, 0.1) is 5.41 Å². The van der Waals surface area contributed by atoms with Crippen LogP contribution in [0.3, 0.4) is 0 Å². The molecule has 0 unspecified atom stereocenters. The first-order valence-corrected chi connectivity index (χ1v) is 7.46. The van der Waals surface area contributed by atoms with Crippen molar-refractivity contribution in [2.75, 3.05) is 14.2 Å². The van der Waals surface area contributed by atoms with Crippen LogP contribution >= 0.6 is 0 Å². The van der Waals surface area contributed by atoms with Gasteiger partial charge in [0, 0.05) is 16.6 Å². The molecule has 0 spiro atoms. The lowest BCUT2D eigenvalue weighted by Gasteiger charge is -2.29. The topological polar surface area (TPSA) is 52.6 Å². The second-order valence-corrected chi connectivity index (χ2v) is 5.67. The Morgan fingerprint density at radius 1 is 0.955 bits per heavy atom. The van der Waals surface area contributed by atoms with Crippen LogP contribution in [0.25, 0.3) is 0 Å². The van der Waals surface area contributed by atoms with Gasteiger partial charge in [0.15, 0.2) is 0 Å². The first kappa shape index (κ1) is 20.2. The second-order valence-electron chi connectivity index (χ2n) is 5.67. The number of methoxy groups -OCH3 is 2. The van der Waals surface area contributed by atoms with E-state index >= 15 is 0 Å². The van der Waals surface area contributed by atoms with Crippen LogP contribution in [0.5, 0.6) is 0 Å². The lowest BCUT2D eigenvalue weighted by atomic mass is 9.74. The van der Waals surface area contributed by atoms with Gasteiger partial charge in [0.25, 0.3) is 0 Å². The summed E-state index contributed by atoms with van der Waals surface area (Å²) in [4.78, 5) is 24.9. The zero-order valence-electron chi connectivity index (χ0n) is 15.2. The number of carbonyl (C=O) groups is 2. The van der Waals surface area contributed by atoms with E-state index in [2.05, 4.69) is 0 Å². The number of ether oxygens (including phenoxy) is 2. The van der Waals surface area contributed by atoms with Crippen LogP contribution < -0.4 is 0 Å². The summed E-state index contributed by atoms with van der Waals surface area (Å²) in [5.74, 6) is -0.627. The minimum atomic E-state index is -0.543. The number of rotatable bonds is 4. The van der Waals surface area contributed by atoms with Crippen LogP contribution in [0.2, 0.25) is 0 Å². The van der Waals surface area contributed by atoms with Crippen LogP contribution in [-0.4, -0.2) is 25.8 Å². The number of allylic oxidation sites excluding steroid dienone is 4. The summed E-state index contributed by atoms with van der Waals surface area (Å²) < 4.78 is 10.1. The van der Waals surface area contributed by atoms with E-state index in [0.29, 0.717) is 11.1 Å². The molecule has 0 saturated carbocycles. The third kappa shape index (κ3) is 3.87. The minimum Gasteiger partial charge on any atom is -0.489 e. The number of Topliss-reactive ketones (excluding diaryl/α,β-unsaturated/α-hetero) is 2. The Labute approximate surface area is 133 Å². The maximum Gasteiger partial charge on any atom is 0.228 e. The van der Waals surface area contributed by atoms with Gasteiger partial charge in [0.2, 0.25) is 23.1 Å². The lowest BCUT2D eigenvalue weighted by molar-refractivity contribution is -0.121. The zero-order chi connectivity index (χ0) is 17.7. The molecule has 0 amide bonds. The van der Waals surface area contributed by atoms with Gasteiger partial charge in [-0.25, -0.2) is 0 Å². The second kappa shape index (κ2) is 7.97. The summed E-state index contributed by atoms with van der Waals surface area (Å²) in [5, 5.41) is 0. The van der Waals surface area contributed by atoms with Crippen molar-refractivity contribution >= 4 is 11.6 Å². The molecule has 1 aliphatic rings. The summed E-state index contributed by atoms with van der Waals surface area (Å²) in [6, 6.07) is 0. The summed E-state index contributed by atoms with van der Waals surface area (Å²) >= 11 is 0. The van der Waals surface area contributed by atoms with E-state index in [1.807, 2.05) is 47.6 Å². The number of hydrogen-bond acceptors (Lipinski definition) is 4. The van der Waals surface area contributed by atoms with Crippen LogP contribution in [0.1, 0.15) is 48.5 Å². The summed E-state index contributed by atoms with van der Waals surface area (Å²) in [6.07, 6.45) is 1.97. The quantitative estimate of drug-likeness (QED) is 0.582. The van der Waals surface area contributed by atoms with Gasteiger partial charge in [-0.3, -0.25) is 9.59 Å². The molecular formula is C18H28O4. The first-order valence-electron chi connectivity index (χ1n) is 7.46. The van der Waals surface area contributed by atoms with Crippen molar-refractivity contribution in [1.82, 2.24) is 0 Å². The Hall–Kier alpha value is -1.84. The molecule has 1 aliphatic carbocycles. The highest BCUT2D eigenvalue weighted by molar-refractivity contribution is 6.24. The van der Waals surface area contributed by atoms with Gasteiger partial charge in [-0.15, -0.1) is 0 Å². The molecule has 0 aromatic heterocycles. The number of hydrogen-bond donors (Lipinski definition) is 0. The van der Waals surface area contributed by atoms with E-state index in [-0.39, 0.29) is 23.1 Å². The average Bonchev–Trinajstić information content (AvgIpc) is 2.43. The molecule has 0 heterocycles. The van der Waals surface area contributed by atoms with Crippen molar-refractivity contribution in [3.63, 3.8) is 0 Å². The van der Waals surface area contributed by atoms with Gasteiger partial charge in [-0.2, -0.15) is 0 Å². The summed E-state index contributed by atoms with van der Waals surface area (Å²) in [5.41, 5.74) is 1.41. The first-order chi connectivity index (χ1) is 10.2. The zero-order valence-corrected chi connectivity index (χ0v) is 15.2. The van der Waals surface area contributed by atoms with E-state index in [9.17, 15) is 9.59 Å². The Kier molecular flexibility index (Phi) is 7.30. The largest absolute Gasteiger partial charge is 0.489 e. The van der Waals surface area contributed by atoms with Crippen LogP contribution in [-0.2, 0) is 19.1 Å². The normalized spacial score (nSPS) is 15.3. The monoisotopic (exact) mass is 308 g/mol. The van der Waals surface area contributed by atoms with Crippen LogP contribution in [0.4, 0.5) is 0 Å². The Morgan fingerprint density at radius 2 is 1.36 bits per heavy atom. The van der Waals surface area contributed by atoms with Gasteiger partial charge in [-0.05, 0) is 20.8 Å². The third-order valence-corrected chi connectivity index (χ3v) is 3.26. The fourth-order valence-electron chi connectivity index (χ4n) is 2.71. The molecule has 0 aliphatic heterocycles. The van der Waals surface area contributed by atoms with E-state index in [0.717, 1.165) is 5.57 Å². The molecular weight excluding hydrogens is 280 g/mol. The highest BCUT2D eigenvalue weighted by atomic mass is 16.5. The predicted octanol–water partition coefficient (Wildman–Crippen LogP) is 3.98. The maximum atomic E-state index is 12.6. The van der Waals surface area contributed by atoms with Gasteiger partial charge in [-0.1, -0.05) is 39.3 Å². The van der Waals surface area contributed by atoms with Crippen molar-refractivity contribution in [2.24, 2.45) is 5.41 Å². The molecule has 0 bridgehead atoms. The van der Waals surface area contributed by atoms with E-state index in [4.69, 9.17) is 9.47 Å². The number of carbonyl (C=O) groups excluding carboxylic acids is 2. The highest BCUT2D eigenvalue weighted by Crippen LogP contribution is 2.38. The molecule has 4 nitrogen and oxygen atoms in total. The number of ketones is 2. The smallest absolute Gasteiger partial charge is 0.228 e. The van der Waals surface area contributed by atoms with Crippen molar-refractivity contribution < 1.29 is 19.1 Å². The van der Waals surface area contributed by atoms with Gasteiger partial charge in [0.1, 0.15) is 0 Å². The molecule has 22 heavy (non-hydrogen) atoms.